The number of piperidine rings is 1. The molecule has 7 heteroatoms. The van der Waals surface area contributed by atoms with Gasteiger partial charge in [-0.1, -0.05) is 23.2 Å². The maximum Gasteiger partial charge on any atom is 0.244 e. The van der Waals surface area contributed by atoms with Gasteiger partial charge in [-0.3, -0.25) is 0 Å². The monoisotopic (exact) mass is 318 g/mol. The van der Waals surface area contributed by atoms with Crippen molar-refractivity contribution in [3.05, 3.63) is 28.2 Å². The summed E-state index contributed by atoms with van der Waals surface area (Å²) >= 11 is 11.7. The number of halogens is 2. The lowest BCUT2D eigenvalue weighted by atomic mass is 10.1. The lowest BCUT2D eigenvalue weighted by molar-refractivity contribution is 0.297. The van der Waals surface area contributed by atoms with Gasteiger partial charge in [0, 0.05) is 16.6 Å². The van der Waals surface area contributed by atoms with Crippen molar-refractivity contribution >= 4 is 33.2 Å². The molecule has 0 N–H and O–H groups in total. The van der Waals surface area contributed by atoms with E-state index in [0.29, 0.717) is 13.0 Å². The first-order valence-corrected chi connectivity index (χ1v) is 8.02. The minimum Gasteiger partial charge on any atom is -0.207 e. The standard InChI is InChI=1S/C12H12Cl2N2O2S/c13-9-5-10(14)7-12(6-9)19(17,18)16-4-2-1-3-11(16)8-15/h5-7,11H,1-4H2. The molecule has 0 aromatic heterocycles. The molecule has 1 saturated heterocycles. The lowest BCUT2D eigenvalue weighted by Crippen LogP contribution is -2.42. The van der Waals surface area contributed by atoms with Gasteiger partial charge in [-0.05, 0) is 37.5 Å². The predicted molar refractivity (Wildman–Crippen MR) is 73.6 cm³/mol. The van der Waals surface area contributed by atoms with Crippen molar-refractivity contribution in [2.75, 3.05) is 6.54 Å². The van der Waals surface area contributed by atoms with E-state index in [0.717, 1.165) is 12.8 Å². The highest BCUT2D eigenvalue weighted by atomic mass is 35.5. The van der Waals surface area contributed by atoms with Gasteiger partial charge in [-0.2, -0.15) is 9.57 Å². The topological polar surface area (TPSA) is 61.2 Å². The van der Waals surface area contributed by atoms with Crippen LogP contribution in [0.1, 0.15) is 19.3 Å². The van der Waals surface area contributed by atoms with Gasteiger partial charge in [0.1, 0.15) is 6.04 Å². The molecular formula is C12H12Cl2N2O2S. The quantitative estimate of drug-likeness (QED) is 0.841. The summed E-state index contributed by atoms with van der Waals surface area (Å²) in [6.45, 7) is 0.352. The lowest BCUT2D eigenvalue weighted by Gasteiger charge is -2.30. The maximum atomic E-state index is 12.5. The fourth-order valence-corrected chi connectivity index (χ4v) is 4.47. The Morgan fingerprint density at radius 2 is 1.84 bits per heavy atom. The van der Waals surface area contributed by atoms with Gasteiger partial charge >= 0.3 is 0 Å². The van der Waals surface area contributed by atoms with E-state index < -0.39 is 16.1 Å². The molecule has 102 valence electrons. The van der Waals surface area contributed by atoms with E-state index in [1.54, 1.807) is 0 Å². The summed E-state index contributed by atoms with van der Waals surface area (Å²) in [6, 6.07) is 5.60. The third-order valence-electron chi connectivity index (χ3n) is 3.05. The molecule has 1 aromatic rings. The fraction of sp³-hybridized carbons (Fsp3) is 0.417. The Morgan fingerprint density at radius 1 is 1.21 bits per heavy atom. The second kappa shape index (κ2) is 5.68. The van der Waals surface area contributed by atoms with E-state index in [9.17, 15) is 8.42 Å². The molecule has 2 rings (SSSR count). The molecule has 0 radical (unpaired) electrons. The van der Waals surface area contributed by atoms with Crippen molar-refractivity contribution in [2.24, 2.45) is 0 Å². The van der Waals surface area contributed by atoms with E-state index in [-0.39, 0.29) is 14.9 Å². The Balaban J connectivity index is 2.44. The van der Waals surface area contributed by atoms with Gasteiger partial charge in [0.2, 0.25) is 10.0 Å². The van der Waals surface area contributed by atoms with Gasteiger partial charge in [0.15, 0.2) is 0 Å². The Hall–Kier alpha value is -0.800. The van der Waals surface area contributed by atoms with Crippen LogP contribution in [0.25, 0.3) is 0 Å². The summed E-state index contributed by atoms with van der Waals surface area (Å²) in [6.07, 6.45) is 2.18. The smallest absolute Gasteiger partial charge is 0.207 e. The zero-order valence-corrected chi connectivity index (χ0v) is 12.3. The summed E-state index contributed by atoms with van der Waals surface area (Å²) in [4.78, 5) is 0.0344. The first-order chi connectivity index (χ1) is 8.95. The van der Waals surface area contributed by atoms with Crippen LogP contribution in [0.5, 0.6) is 0 Å². The third-order valence-corrected chi connectivity index (χ3v) is 5.37. The van der Waals surface area contributed by atoms with Crippen LogP contribution in [0.3, 0.4) is 0 Å². The molecule has 19 heavy (non-hydrogen) atoms. The van der Waals surface area contributed by atoms with Crippen LogP contribution < -0.4 is 0 Å². The summed E-state index contributed by atoms with van der Waals surface area (Å²) in [7, 11) is -3.73. The van der Waals surface area contributed by atoms with E-state index in [1.807, 2.05) is 6.07 Å². The van der Waals surface area contributed by atoms with Crippen LogP contribution in [-0.4, -0.2) is 25.3 Å². The zero-order valence-electron chi connectivity index (χ0n) is 10.0. The molecule has 1 aromatic carbocycles. The molecule has 1 unspecified atom stereocenters. The highest BCUT2D eigenvalue weighted by molar-refractivity contribution is 7.89. The van der Waals surface area contributed by atoms with Crippen molar-refractivity contribution in [2.45, 2.75) is 30.2 Å². The Labute approximate surface area is 122 Å². The summed E-state index contributed by atoms with van der Waals surface area (Å²) < 4.78 is 26.3. The van der Waals surface area contributed by atoms with Gasteiger partial charge in [-0.25, -0.2) is 8.42 Å². The second-order valence-electron chi connectivity index (χ2n) is 4.36. The molecule has 4 nitrogen and oxygen atoms in total. The van der Waals surface area contributed by atoms with E-state index in [1.165, 1.54) is 22.5 Å². The van der Waals surface area contributed by atoms with Crippen molar-refractivity contribution in [3.63, 3.8) is 0 Å². The van der Waals surface area contributed by atoms with Gasteiger partial charge < -0.3 is 0 Å². The number of benzene rings is 1. The largest absolute Gasteiger partial charge is 0.244 e. The van der Waals surface area contributed by atoms with E-state index >= 15 is 0 Å². The number of hydrogen-bond donors (Lipinski definition) is 0. The third kappa shape index (κ3) is 3.03. The molecule has 1 aliphatic rings. The highest BCUT2D eigenvalue weighted by Crippen LogP contribution is 2.28. The first kappa shape index (κ1) is 14.6. The van der Waals surface area contributed by atoms with Crippen LogP contribution in [-0.2, 0) is 10.0 Å². The maximum absolute atomic E-state index is 12.5. The molecule has 1 fully saturated rings. The minimum absolute atomic E-state index is 0.0344. The number of nitrogens with zero attached hydrogens (tertiary/aromatic N) is 2. The number of rotatable bonds is 2. The van der Waals surface area contributed by atoms with Gasteiger partial charge in [-0.15, -0.1) is 0 Å². The molecule has 0 bridgehead atoms. The number of nitriles is 1. The Morgan fingerprint density at radius 3 is 2.42 bits per heavy atom. The van der Waals surface area contributed by atoms with Crippen molar-refractivity contribution in [3.8, 4) is 6.07 Å². The summed E-state index contributed by atoms with van der Waals surface area (Å²) in [5.41, 5.74) is 0. The summed E-state index contributed by atoms with van der Waals surface area (Å²) in [5.74, 6) is 0. The van der Waals surface area contributed by atoms with Crippen LogP contribution in [0.4, 0.5) is 0 Å². The molecule has 0 aliphatic carbocycles. The van der Waals surface area contributed by atoms with Crippen molar-refractivity contribution in [1.82, 2.24) is 4.31 Å². The van der Waals surface area contributed by atoms with Gasteiger partial charge in [0.25, 0.3) is 0 Å². The zero-order chi connectivity index (χ0) is 14.0. The second-order valence-corrected chi connectivity index (χ2v) is 7.13. The molecule has 1 heterocycles. The normalized spacial score (nSPS) is 21.0. The fourth-order valence-electron chi connectivity index (χ4n) is 2.13. The Bertz CT molecular complexity index is 605. The molecule has 0 spiro atoms. The van der Waals surface area contributed by atoms with Gasteiger partial charge in [0.05, 0.1) is 11.0 Å². The molecule has 1 aliphatic heterocycles. The predicted octanol–water partition coefficient (Wildman–Crippen LogP) is 3.06. The summed E-state index contributed by atoms with van der Waals surface area (Å²) in [5, 5.41) is 9.59. The van der Waals surface area contributed by atoms with E-state index in [2.05, 4.69) is 0 Å². The molecular weight excluding hydrogens is 307 g/mol. The van der Waals surface area contributed by atoms with Crippen molar-refractivity contribution in [1.29, 1.82) is 5.26 Å². The molecule has 0 amide bonds. The Kier molecular flexibility index (Phi) is 4.36. The van der Waals surface area contributed by atoms with Crippen LogP contribution in [0.15, 0.2) is 23.1 Å². The average molecular weight is 319 g/mol. The van der Waals surface area contributed by atoms with Crippen molar-refractivity contribution < 1.29 is 8.42 Å². The minimum atomic E-state index is -3.73. The highest BCUT2D eigenvalue weighted by Gasteiger charge is 2.33. The number of hydrogen-bond acceptors (Lipinski definition) is 3. The van der Waals surface area contributed by atoms with Crippen LogP contribution in [0, 0.1) is 11.3 Å². The first-order valence-electron chi connectivity index (χ1n) is 5.83. The SMILES string of the molecule is N#CC1CCCCN1S(=O)(=O)c1cc(Cl)cc(Cl)c1. The van der Waals surface area contributed by atoms with Crippen LogP contribution >= 0.6 is 23.2 Å². The average Bonchev–Trinajstić information content (AvgIpc) is 2.37. The van der Waals surface area contributed by atoms with E-state index in [4.69, 9.17) is 28.5 Å². The molecule has 1 atom stereocenters. The molecule has 0 saturated carbocycles. The van der Waals surface area contributed by atoms with Crippen LogP contribution in [0.2, 0.25) is 10.0 Å². The number of sulfonamides is 1.